The minimum absolute atomic E-state index is 0.572. The lowest BCUT2D eigenvalue weighted by Gasteiger charge is -2.19. The molecule has 0 bridgehead atoms. The molecular formula is C40H26N4. The largest absolute Gasteiger partial charge is 0.309 e. The molecule has 0 spiro atoms. The number of hydrogen-bond donors (Lipinski definition) is 0. The second kappa shape index (κ2) is 9.73. The number of benzene rings is 6. The molecular weight excluding hydrogens is 536 g/mol. The Labute approximate surface area is 254 Å². The van der Waals surface area contributed by atoms with Crippen molar-refractivity contribution in [2.75, 3.05) is 0 Å². The van der Waals surface area contributed by atoms with E-state index in [1.165, 1.54) is 0 Å². The molecule has 8 rings (SSSR count). The van der Waals surface area contributed by atoms with E-state index in [1.54, 1.807) is 0 Å². The number of aromatic nitrogens is 2. The highest BCUT2D eigenvalue weighted by molar-refractivity contribution is 6.11. The van der Waals surface area contributed by atoms with Gasteiger partial charge in [-0.1, -0.05) is 72.8 Å². The molecule has 0 saturated heterocycles. The van der Waals surface area contributed by atoms with E-state index in [4.69, 9.17) is 0 Å². The summed E-state index contributed by atoms with van der Waals surface area (Å²) in [6, 6.07) is 46.6. The molecule has 44 heavy (non-hydrogen) atoms. The molecule has 4 nitrogen and oxygen atoms in total. The Morgan fingerprint density at radius 3 is 1.64 bits per heavy atom. The number of rotatable bonds is 3. The van der Waals surface area contributed by atoms with Crippen LogP contribution in [0.15, 0.2) is 121 Å². The summed E-state index contributed by atoms with van der Waals surface area (Å²) < 4.78 is 4.49. The number of hydrogen-bond acceptors (Lipinski definition) is 2. The molecule has 6 aromatic carbocycles. The van der Waals surface area contributed by atoms with Crippen molar-refractivity contribution in [1.29, 1.82) is 10.5 Å². The van der Waals surface area contributed by atoms with Crippen molar-refractivity contribution in [3.63, 3.8) is 0 Å². The Balaban J connectivity index is 1.55. The Hall–Kier alpha value is -6.10. The second-order valence-electron chi connectivity index (χ2n) is 11.4. The average Bonchev–Trinajstić information content (AvgIpc) is 3.55. The predicted octanol–water partition coefficient (Wildman–Crippen LogP) is 9.91. The summed E-state index contributed by atoms with van der Waals surface area (Å²) in [5, 5.41) is 25.2. The van der Waals surface area contributed by atoms with Crippen LogP contribution in [0.4, 0.5) is 0 Å². The maximum absolute atomic E-state index is 10.7. The van der Waals surface area contributed by atoms with Crippen molar-refractivity contribution in [3.05, 3.63) is 144 Å². The van der Waals surface area contributed by atoms with Crippen LogP contribution in [0.5, 0.6) is 0 Å². The van der Waals surface area contributed by atoms with Crippen LogP contribution in [0.25, 0.3) is 66.1 Å². The van der Waals surface area contributed by atoms with E-state index < -0.39 is 0 Å². The highest BCUT2D eigenvalue weighted by atomic mass is 15.0. The molecule has 0 radical (unpaired) electrons. The maximum Gasteiger partial charge on any atom is 0.101 e. The molecule has 0 saturated carbocycles. The SMILES string of the molecule is Cc1ccc2c3ccccc3n(-c3cc(-c4cccc(C#N)c4)c(-n4c5ccccc5c5ccc(C)cc54)cc3C#N)c2c1. The van der Waals surface area contributed by atoms with Gasteiger partial charge in [0.15, 0.2) is 0 Å². The highest BCUT2D eigenvalue weighted by Crippen LogP contribution is 2.41. The van der Waals surface area contributed by atoms with Gasteiger partial charge in [-0.2, -0.15) is 10.5 Å². The topological polar surface area (TPSA) is 57.4 Å². The zero-order chi connectivity index (χ0) is 29.9. The highest BCUT2D eigenvalue weighted by Gasteiger charge is 2.21. The van der Waals surface area contributed by atoms with Gasteiger partial charge >= 0.3 is 0 Å². The van der Waals surface area contributed by atoms with Crippen LogP contribution in [0.2, 0.25) is 0 Å². The first-order valence-corrected chi connectivity index (χ1v) is 14.6. The van der Waals surface area contributed by atoms with Gasteiger partial charge in [0, 0.05) is 27.1 Å². The van der Waals surface area contributed by atoms with E-state index in [1.807, 2.05) is 36.4 Å². The summed E-state index contributed by atoms with van der Waals surface area (Å²) in [6.07, 6.45) is 0. The first kappa shape index (κ1) is 25.6. The Morgan fingerprint density at radius 1 is 0.477 bits per heavy atom. The molecule has 0 N–H and O–H groups in total. The van der Waals surface area contributed by atoms with E-state index in [9.17, 15) is 10.5 Å². The van der Waals surface area contributed by atoms with Gasteiger partial charge in [-0.25, -0.2) is 0 Å². The van der Waals surface area contributed by atoms with Crippen molar-refractivity contribution in [3.8, 4) is 34.6 Å². The van der Waals surface area contributed by atoms with E-state index in [0.29, 0.717) is 11.1 Å². The minimum Gasteiger partial charge on any atom is -0.309 e. The fourth-order valence-electron chi connectivity index (χ4n) is 6.70. The molecule has 206 valence electrons. The molecule has 8 aromatic rings. The number of nitriles is 2. The van der Waals surface area contributed by atoms with E-state index in [-0.39, 0.29) is 0 Å². The van der Waals surface area contributed by atoms with E-state index in [2.05, 4.69) is 120 Å². The lowest BCUT2D eigenvalue weighted by Crippen LogP contribution is -2.04. The van der Waals surface area contributed by atoms with Gasteiger partial charge in [0.05, 0.1) is 50.6 Å². The van der Waals surface area contributed by atoms with Crippen LogP contribution < -0.4 is 0 Å². The van der Waals surface area contributed by atoms with Gasteiger partial charge < -0.3 is 9.13 Å². The summed E-state index contributed by atoms with van der Waals surface area (Å²) in [7, 11) is 0. The predicted molar refractivity (Wildman–Crippen MR) is 179 cm³/mol. The summed E-state index contributed by atoms with van der Waals surface area (Å²) in [6.45, 7) is 4.20. The Morgan fingerprint density at radius 2 is 1.05 bits per heavy atom. The average molecular weight is 563 g/mol. The van der Waals surface area contributed by atoms with Crippen LogP contribution >= 0.6 is 0 Å². The molecule has 0 unspecified atom stereocenters. The summed E-state index contributed by atoms with van der Waals surface area (Å²) >= 11 is 0. The Bertz CT molecular complexity index is 2550. The summed E-state index contributed by atoms with van der Waals surface area (Å²) in [5.41, 5.74) is 11.3. The van der Waals surface area contributed by atoms with Gasteiger partial charge in [0.2, 0.25) is 0 Å². The lowest BCUT2D eigenvalue weighted by molar-refractivity contribution is 1.13. The van der Waals surface area contributed by atoms with Crippen LogP contribution in [-0.4, -0.2) is 9.13 Å². The molecule has 0 aliphatic carbocycles. The maximum atomic E-state index is 10.7. The van der Waals surface area contributed by atoms with Gasteiger partial charge in [-0.3, -0.25) is 0 Å². The molecule has 2 aromatic heterocycles. The molecule has 0 amide bonds. The third-order valence-corrected chi connectivity index (χ3v) is 8.68. The quantitative estimate of drug-likeness (QED) is 0.215. The molecule has 0 aliphatic heterocycles. The van der Waals surface area contributed by atoms with Gasteiger partial charge in [0.25, 0.3) is 0 Å². The molecule has 2 heterocycles. The van der Waals surface area contributed by atoms with Gasteiger partial charge in [0.1, 0.15) is 6.07 Å². The van der Waals surface area contributed by atoms with Crippen molar-refractivity contribution < 1.29 is 0 Å². The van der Waals surface area contributed by atoms with Crippen molar-refractivity contribution in [1.82, 2.24) is 9.13 Å². The van der Waals surface area contributed by atoms with E-state index >= 15 is 0 Å². The number of fused-ring (bicyclic) bond motifs is 6. The smallest absolute Gasteiger partial charge is 0.101 e. The fourth-order valence-corrected chi connectivity index (χ4v) is 6.70. The zero-order valence-corrected chi connectivity index (χ0v) is 24.3. The number of nitrogens with zero attached hydrogens (tertiary/aromatic N) is 4. The zero-order valence-electron chi connectivity index (χ0n) is 24.3. The van der Waals surface area contributed by atoms with Crippen molar-refractivity contribution >= 4 is 43.6 Å². The standard InChI is InChI=1S/C40H26N4/c1-25-14-16-32-30-10-3-5-12-35(30)43(38(32)18-25)37-22-34(28-9-7-8-27(20-28)23-41)40(21-29(37)24-42)44-36-13-6-4-11-31(36)33-17-15-26(2)19-39(33)44/h3-22H,1-2H3. The van der Waals surface area contributed by atoms with Crippen LogP contribution in [0, 0.1) is 36.5 Å². The molecule has 0 atom stereocenters. The number of para-hydroxylation sites is 2. The van der Waals surface area contributed by atoms with Crippen LogP contribution in [0.3, 0.4) is 0 Å². The van der Waals surface area contributed by atoms with Gasteiger partial charge in [-0.05, 0) is 79.1 Å². The number of aryl methyl sites for hydroxylation is 2. The lowest BCUT2D eigenvalue weighted by atomic mass is 9.98. The third-order valence-electron chi connectivity index (χ3n) is 8.68. The van der Waals surface area contributed by atoms with Gasteiger partial charge in [-0.15, -0.1) is 0 Å². The molecule has 4 heteroatoms. The van der Waals surface area contributed by atoms with Crippen LogP contribution in [0.1, 0.15) is 22.3 Å². The summed E-state index contributed by atoms with van der Waals surface area (Å²) in [4.78, 5) is 0. The fraction of sp³-hybridized carbons (Fsp3) is 0.0500. The minimum atomic E-state index is 0.572. The Kier molecular flexibility index (Phi) is 5.66. The molecule has 0 fully saturated rings. The van der Waals surface area contributed by atoms with E-state index in [0.717, 1.165) is 77.2 Å². The normalized spacial score (nSPS) is 11.4. The first-order valence-electron chi connectivity index (χ1n) is 14.6. The second-order valence-corrected chi connectivity index (χ2v) is 11.4. The third kappa shape index (κ3) is 3.76. The summed E-state index contributed by atoms with van der Waals surface area (Å²) in [5.74, 6) is 0. The first-order chi connectivity index (χ1) is 21.6. The van der Waals surface area contributed by atoms with Crippen LogP contribution in [-0.2, 0) is 0 Å². The monoisotopic (exact) mass is 562 g/mol. The molecule has 0 aliphatic rings. The van der Waals surface area contributed by atoms with Crippen molar-refractivity contribution in [2.24, 2.45) is 0 Å². The van der Waals surface area contributed by atoms with Crippen molar-refractivity contribution in [2.45, 2.75) is 13.8 Å².